The lowest BCUT2D eigenvalue weighted by Crippen LogP contribution is -2.40. The summed E-state index contributed by atoms with van der Waals surface area (Å²) in [5.74, 6) is 1.17. The smallest absolute Gasteiger partial charge is 0.272 e. The van der Waals surface area contributed by atoms with Crippen molar-refractivity contribution >= 4 is 12.1 Å². The van der Waals surface area contributed by atoms with Crippen molar-refractivity contribution in [3.05, 3.63) is 35.3 Å². The second-order valence-electron chi connectivity index (χ2n) is 9.12. The Hall–Kier alpha value is -2.75. The van der Waals surface area contributed by atoms with Crippen molar-refractivity contribution in [1.29, 1.82) is 0 Å². The third kappa shape index (κ3) is 9.08. The second-order valence-corrected chi connectivity index (χ2v) is 9.12. The first-order valence-electron chi connectivity index (χ1n) is 12.3. The lowest BCUT2D eigenvalue weighted by Gasteiger charge is -2.30. The molecule has 3 N–H and O–H groups in total. The minimum atomic E-state index is -2.50. The van der Waals surface area contributed by atoms with Gasteiger partial charge in [-0.05, 0) is 56.6 Å². The summed E-state index contributed by atoms with van der Waals surface area (Å²) in [5, 5.41) is 3.06. The lowest BCUT2D eigenvalue weighted by molar-refractivity contribution is -0.125. The largest absolute Gasteiger partial charge is 0.481 e. The number of halogens is 2. The molecule has 1 saturated carbocycles. The van der Waals surface area contributed by atoms with Gasteiger partial charge in [-0.2, -0.15) is 0 Å². The summed E-state index contributed by atoms with van der Waals surface area (Å²) < 4.78 is 35.2. The number of fused-ring (bicyclic) bond motifs is 1. The van der Waals surface area contributed by atoms with Gasteiger partial charge in [0.25, 0.3) is 12.3 Å². The molecule has 0 spiro atoms. The summed E-state index contributed by atoms with van der Waals surface area (Å²) in [7, 11) is 1.61. The van der Waals surface area contributed by atoms with Gasteiger partial charge >= 0.3 is 0 Å². The van der Waals surface area contributed by atoms with Crippen molar-refractivity contribution < 1.29 is 23.0 Å². The van der Waals surface area contributed by atoms with Crippen LogP contribution in [0.5, 0.6) is 5.88 Å². The zero-order valence-corrected chi connectivity index (χ0v) is 20.4. The summed E-state index contributed by atoms with van der Waals surface area (Å²) in [6, 6.07) is 3.83. The predicted molar refractivity (Wildman–Crippen MR) is 131 cm³/mol. The van der Waals surface area contributed by atoms with Crippen LogP contribution in [0.2, 0.25) is 0 Å². The quantitative estimate of drug-likeness (QED) is 0.363. The van der Waals surface area contributed by atoms with Crippen LogP contribution in [0.4, 0.5) is 8.78 Å². The maximum Gasteiger partial charge on any atom is 0.272 e. The minimum absolute atomic E-state index is 0.0684. The van der Waals surface area contributed by atoms with Crippen molar-refractivity contribution in [2.24, 2.45) is 16.6 Å². The number of aromatic nitrogens is 1. The van der Waals surface area contributed by atoms with Crippen LogP contribution < -0.4 is 15.8 Å². The second kappa shape index (κ2) is 14.0. The van der Waals surface area contributed by atoms with Gasteiger partial charge in [-0.3, -0.25) is 9.79 Å². The number of nitrogens with one attached hydrogen (secondary N) is 1. The number of nitrogens with zero attached hydrogens (tertiary/aromatic N) is 3. The molecule has 2 aliphatic rings. The Balaban J connectivity index is 1.34. The third-order valence-corrected chi connectivity index (χ3v) is 6.62. The summed E-state index contributed by atoms with van der Waals surface area (Å²) >= 11 is 0. The summed E-state index contributed by atoms with van der Waals surface area (Å²) in [4.78, 5) is 22.9. The number of alkyl halides is 2. The number of allylic oxidation sites excluding steroid dienone is 1. The maximum absolute atomic E-state index is 12.4. The zero-order valence-electron chi connectivity index (χ0n) is 20.4. The van der Waals surface area contributed by atoms with E-state index in [-0.39, 0.29) is 24.4 Å². The van der Waals surface area contributed by atoms with E-state index in [0.29, 0.717) is 11.7 Å². The van der Waals surface area contributed by atoms with Crippen molar-refractivity contribution in [3.63, 3.8) is 0 Å². The van der Waals surface area contributed by atoms with Crippen LogP contribution >= 0.6 is 0 Å². The molecule has 0 saturated heterocycles. The predicted octanol–water partition coefficient (Wildman–Crippen LogP) is 2.71. The Morgan fingerprint density at radius 1 is 1.29 bits per heavy atom. The molecule has 0 aromatic carbocycles. The zero-order chi connectivity index (χ0) is 25.0. The fourth-order valence-electron chi connectivity index (χ4n) is 4.70. The molecular weight excluding hydrogens is 456 g/mol. The van der Waals surface area contributed by atoms with Crippen molar-refractivity contribution in [1.82, 2.24) is 15.2 Å². The summed E-state index contributed by atoms with van der Waals surface area (Å²) in [6.07, 6.45) is 7.25. The number of amides is 1. The van der Waals surface area contributed by atoms with Gasteiger partial charge in [-0.1, -0.05) is 6.07 Å². The molecule has 194 valence electrons. The molecule has 0 atom stereocenters. The first-order valence-corrected chi connectivity index (χ1v) is 12.3. The number of aliphatic imine (C=N–C) groups is 1. The molecule has 1 aromatic rings. The van der Waals surface area contributed by atoms with Crippen LogP contribution in [0.3, 0.4) is 0 Å². The van der Waals surface area contributed by atoms with E-state index < -0.39 is 13.0 Å². The number of ether oxygens (including phenoxy) is 2. The Morgan fingerprint density at radius 2 is 2.06 bits per heavy atom. The fraction of sp³-hybridized carbons (Fsp3) is 0.640. The van der Waals surface area contributed by atoms with Crippen LogP contribution in [0, 0.1) is 5.92 Å². The van der Waals surface area contributed by atoms with Crippen LogP contribution in [0.1, 0.15) is 43.4 Å². The van der Waals surface area contributed by atoms with Gasteiger partial charge in [0, 0.05) is 50.6 Å². The van der Waals surface area contributed by atoms with Gasteiger partial charge in [0.15, 0.2) is 19.0 Å². The first-order chi connectivity index (χ1) is 17.0. The van der Waals surface area contributed by atoms with Gasteiger partial charge in [0.1, 0.15) is 0 Å². The van der Waals surface area contributed by atoms with E-state index in [1.165, 1.54) is 18.0 Å². The van der Waals surface area contributed by atoms with Gasteiger partial charge in [-0.15, -0.1) is 0 Å². The van der Waals surface area contributed by atoms with Crippen molar-refractivity contribution in [2.75, 3.05) is 39.9 Å². The van der Waals surface area contributed by atoms with E-state index in [4.69, 9.17) is 15.2 Å². The van der Waals surface area contributed by atoms with E-state index in [9.17, 15) is 13.6 Å². The number of hydrogen-bond acceptors (Lipinski definition) is 7. The van der Waals surface area contributed by atoms with E-state index in [2.05, 4.69) is 20.2 Å². The molecule has 3 rings (SSSR count). The van der Waals surface area contributed by atoms with Crippen LogP contribution in [0.15, 0.2) is 29.1 Å². The molecular formula is C25H37F2N5O3. The molecule has 0 radical (unpaired) electrons. The number of rotatable bonds is 11. The molecule has 1 aliphatic heterocycles. The highest BCUT2D eigenvalue weighted by Gasteiger charge is 2.24. The summed E-state index contributed by atoms with van der Waals surface area (Å²) in [6.45, 7) is 2.22. The standard InChI is InChI=1S/C25H37F2N5O3/c1-29-15-21(14-28)34-17-24(33)30-20-5-2-18(3-6-20)8-11-32-12-9-19-4-7-25(35-16-23(26)27)31-22(19)10-13-32/h4,7,14-15,18,20,23H,2-3,5-6,8-13,16-17,28H2,1H3,(H,30,33). The highest BCUT2D eigenvalue weighted by molar-refractivity contribution is 5.80. The third-order valence-electron chi connectivity index (χ3n) is 6.62. The minimum Gasteiger partial charge on any atom is -0.481 e. The highest BCUT2D eigenvalue weighted by atomic mass is 19.3. The molecule has 10 heteroatoms. The molecule has 8 nitrogen and oxygen atoms in total. The Bertz CT molecular complexity index is 873. The SMILES string of the molecule is CN=CC(=CN)OCC(=O)NC1CCC(CCN2CCc3ccc(OCC(F)F)nc3CC2)CC1. The molecule has 35 heavy (non-hydrogen) atoms. The number of hydrogen-bond donors (Lipinski definition) is 2. The Labute approximate surface area is 206 Å². The molecule has 0 unspecified atom stereocenters. The van der Waals surface area contributed by atoms with E-state index in [1.54, 1.807) is 13.1 Å². The highest BCUT2D eigenvalue weighted by Crippen LogP contribution is 2.27. The Morgan fingerprint density at radius 3 is 2.77 bits per heavy atom. The van der Waals surface area contributed by atoms with Crippen LogP contribution in [-0.2, 0) is 22.4 Å². The molecule has 1 aliphatic carbocycles. The average Bonchev–Trinajstić information content (AvgIpc) is 3.06. The van der Waals surface area contributed by atoms with Crippen LogP contribution in [0.25, 0.3) is 0 Å². The summed E-state index contributed by atoms with van der Waals surface area (Å²) in [5.41, 5.74) is 7.57. The van der Waals surface area contributed by atoms with E-state index >= 15 is 0 Å². The fourth-order valence-corrected chi connectivity index (χ4v) is 4.70. The monoisotopic (exact) mass is 493 g/mol. The van der Waals surface area contributed by atoms with Gasteiger partial charge in [0.2, 0.25) is 5.88 Å². The van der Waals surface area contributed by atoms with Gasteiger partial charge in [0.05, 0.1) is 6.21 Å². The van der Waals surface area contributed by atoms with Crippen molar-refractivity contribution in [3.8, 4) is 5.88 Å². The molecule has 1 aromatic heterocycles. The topological polar surface area (TPSA) is 102 Å². The van der Waals surface area contributed by atoms with Gasteiger partial charge < -0.3 is 25.4 Å². The van der Waals surface area contributed by atoms with E-state index in [1.807, 2.05) is 6.07 Å². The van der Waals surface area contributed by atoms with Crippen molar-refractivity contribution in [2.45, 2.75) is 57.4 Å². The lowest BCUT2D eigenvalue weighted by atomic mass is 9.84. The Kier molecular flexibility index (Phi) is 10.7. The number of nitrogens with two attached hydrogens (primary N) is 1. The number of pyridine rings is 1. The average molecular weight is 494 g/mol. The molecule has 0 bridgehead atoms. The van der Waals surface area contributed by atoms with Gasteiger partial charge in [-0.25, -0.2) is 13.8 Å². The first kappa shape index (κ1) is 26.8. The van der Waals surface area contributed by atoms with Crippen LogP contribution in [-0.4, -0.2) is 74.4 Å². The molecule has 1 fully saturated rings. The maximum atomic E-state index is 12.4. The number of carbonyl (C=O) groups excluding carboxylic acids is 1. The number of carbonyl (C=O) groups is 1. The van der Waals surface area contributed by atoms with E-state index in [0.717, 1.165) is 70.3 Å². The normalized spacial score (nSPS) is 21.5. The molecule has 1 amide bonds. The molecule has 2 heterocycles.